The van der Waals surface area contributed by atoms with Crippen LogP contribution in [-0.2, 0) is 36.0 Å². The molecular weight excluding hydrogens is 381 g/mol. The Bertz CT molecular complexity index is 331. The van der Waals surface area contributed by atoms with Crippen LogP contribution in [0.5, 0.6) is 0 Å². The molecule has 0 saturated carbocycles. The molecule has 0 aromatic carbocycles. The van der Waals surface area contributed by atoms with Crippen LogP contribution in [0.25, 0.3) is 0 Å². The number of nitrogens with zero attached hydrogens (tertiary/aromatic N) is 2. The van der Waals surface area contributed by atoms with E-state index in [0.717, 1.165) is 9.80 Å². The van der Waals surface area contributed by atoms with Gasteiger partial charge < -0.3 is 30.0 Å². The van der Waals surface area contributed by atoms with E-state index >= 15 is 0 Å². The van der Waals surface area contributed by atoms with E-state index in [1.807, 2.05) is 0 Å². The fourth-order valence-corrected chi connectivity index (χ4v) is 1.46. The summed E-state index contributed by atoms with van der Waals surface area (Å²) in [4.78, 5) is 43.9. The fraction of sp³-hybridized carbons (Fsp3) is 0.600. The van der Waals surface area contributed by atoms with Gasteiger partial charge in [-0.2, -0.15) is 0 Å². The van der Waals surface area contributed by atoms with Crippen LogP contribution in [0.1, 0.15) is 0 Å². The van der Waals surface area contributed by atoms with E-state index in [-0.39, 0.29) is 89.0 Å². The Kier molecular flexibility index (Phi) is 23.2. The molecule has 13 heteroatoms. The Hall–Kier alpha value is 0.306. The van der Waals surface area contributed by atoms with E-state index < -0.39 is 50.1 Å². The molecule has 0 aromatic heterocycles. The van der Waals surface area contributed by atoms with E-state index in [1.54, 1.807) is 0 Å². The predicted molar refractivity (Wildman–Crippen MR) is 58.2 cm³/mol. The third-order valence-electron chi connectivity index (χ3n) is 2.16. The molecule has 23 heavy (non-hydrogen) atoms. The minimum atomic E-state index is -1.49. The normalized spacial score (nSPS) is 9.30. The van der Waals surface area contributed by atoms with Gasteiger partial charge >= 0.3 is 71.1 Å². The van der Waals surface area contributed by atoms with E-state index in [9.17, 15) is 29.4 Å². The molecule has 0 saturated heterocycles. The molecule has 0 rings (SSSR count). The van der Waals surface area contributed by atoms with Crippen LogP contribution in [0.15, 0.2) is 0 Å². The zero-order valence-electron chi connectivity index (χ0n) is 12.8. The van der Waals surface area contributed by atoms with E-state index in [4.69, 9.17) is 10.2 Å². The summed E-state index contributed by atoms with van der Waals surface area (Å²) in [5.41, 5.74) is 0. The minimum Gasteiger partial charge on any atom is -0.549 e. The monoisotopic (exact) mass is 395 g/mol. The second-order valence-electron chi connectivity index (χ2n) is 3.95. The van der Waals surface area contributed by atoms with Gasteiger partial charge in [0.15, 0.2) is 0 Å². The number of hydrogen-bond donors (Lipinski definition) is 2. The number of carboxylic acids is 4. The number of carbonyl (C=O) groups excluding carboxylic acids is 2. The Balaban J connectivity index is -0.000000602. The fourth-order valence-electron chi connectivity index (χ4n) is 1.46. The molecular formula is C10H14CoN2Na2O8. The van der Waals surface area contributed by atoms with Gasteiger partial charge in [-0.15, -0.1) is 0 Å². The van der Waals surface area contributed by atoms with Crippen molar-refractivity contribution in [2.45, 2.75) is 0 Å². The molecule has 0 aliphatic heterocycles. The molecule has 0 heterocycles. The topological polar surface area (TPSA) is 161 Å². The van der Waals surface area contributed by atoms with Gasteiger partial charge in [0.1, 0.15) is 0 Å². The second kappa shape index (κ2) is 17.1. The molecule has 0 unspecified atom stereocenters. The van der Waals surface area contributed by atoms with Crippen LogP contribution in [0.3, 0.4) is 0 Å². The van der Waals surface area contributed by atoms with Crippen molar-refractivity contribution in [1.82, 2.24) is 9.80 Å². The maximum absolute atomic E-state index is 10.5. The average molecular weight is 395 g/mol. The third kappa shape index (κ3) is 20.3. The van der Waals surface area contributed by atoms with Gasteiger partial charge in [-0.25, -0.2) is 0 Å². The molecule has 1 radical (unpaired) electrons. The van der Waals surface area contributed by atoms with Gasteiger partial charge in [-0.1, -0.05) is 0 Å². The number of carboxylic acid groups (broad SMARTS) is 4. The van der Waals surface area contributed by atoms with Gasteiger partial charge in [-0.05, 0) is 0 Å². The molecule has 2 N–H and O–H groups in total. The van der Waals surface area contributed by atoms with Crippen molar-refractivity contribution in [2.75, 3.05) is 39.3 Å². The molecule has 0 spiro atoms. The predicted octanol–water partition coefficient (Wildman–Crippen LogP) is -10.7. The van der Waals surface area contributed by atoms with Crippen LogP contribution in [-0.4, -0.2) is 83.2 Å². The molecule has 0 aromatic rings. The van der Waals surface area contributed by atoms with Crippen molar-refractivity contribution >= 4 is 23.9 Å². The summed E-state index contributed by atoms with van der Waals surface area (Å²) in [6.07, 6.45) is 0. The Labute approximate surface area is 187 Å². The SMILES string of the molecule is O=C([O-])CN(CCN(CC(=O)[O-])CC(=O)O)CC(=O)O.[Co].[Na+].[Na+]. The molecule has 0 amide bonds. The van der Waals surface area contributed by atoms with Crippen molar-refractivity contribution < 1.29 is 115 Å². The first-order valence-corrected chi connectivity index (χ1v) is 5.48. The van der Waals surface area contributed by atoms with E-state index in [1.165, 1.54) is 0 Å². The van der Waals surface area contributed by atoms with Crippen molar-refractivity contribution in [3.05, 3.63) is 0 Å². The van der Waals surface area contributed by atoms with E-state index in [2.05, 4.69) is 0 Å². The standard InChI is InChI=1S/C10H16N2O8.Co.2Na/c13-7(14)3-11(4-8(15)16)1-2-12(5-9(17)18)6-10(19)20;;;/h1-6H2,(H,13,14)(H,15,16)(H,17,18)(H,19,20);;;/q;;2*+1/p-2. The number of carbonyl (C=O) groups is 4. The first-order chi connectivity index (χ1) is 9.20. The maximum atomic E-state index is 10.5. The van der Waals surface area contributed by atoms with Crippen molar-refractivity contribution in [1.29, 1.82) is 0 Å². The van der Waals surface area contributed by atoms with Gasteiger partial charge in [0.25, 0.3) is 0 Å². The zero-order chi connectivity index (χ0) is 15.7. The Morgan fingerprint density at radius 3 is 1.13 bits per heavy atom. The quantitative estimate of drug-likeness (QED) is 0.321. The second-order valence-corrected chi connectivity index (χ2v) is 3.95. The van der Waals surface area contributed by atoms with Crippen molar-refractivity contribution in [2.24, 2.45) is 0 Å². The van der Waals surface area contributed by atoms with Crippen LogP contribution in [0, 0.1) is 0 Å². The summed E-state index contributed by atoms with van der Waals surface area (Å²) in [7, 11) is 0. The Morgan fingerprint density at radius 2 is 0.957 bits per heavy atom. The molecule has 0 bridgehead atoms. The average Bonchev–Trinajstić information content (AvgIpc) is 2.22. The largest absolute Gasteiger partial charge is 1.00 e. The third-order valence-corrected chi connectivity index (χ3v) is 2.16. The molecule has 0 fully saturated rings. The molecule has 0 aliphatic carbocycles. The number of rotatable bonds is 11. The Morgan fingerprint density at radius 1 is 0.696 bits per heavy atom. The summed E-state index contributed by atoms with van der Waals surface area (Å²) in [6.45, 7) is -2.75. The van der Waals surface area contributed by atoms with Crippen LogP contribution in [0.4, 0.5) is 0 Å². The van der Waals surface area contributed by atoms with Gasteiger partial charge in [0.05, 0.1) is 25.0 Å². The first-order valence-electron chi connectivity index (χ1n) is 5.48. The zero-order valence-corrected chi connectivity index (χ0v) is 17.9. The van der Waals surface area contributed by atoms with Gasteiger partial charge in [-0.3, -0.25) is 19.4 Å². The smallest absolute Gasteiger partial charge is 0.549 e. The van der Waals surface area contributed by atoms with Crippen molar-refractivity contribution in [3.8, 4) is 0 Å². The maximum Gasteiger partial charge on any atom is 1.00 e. The van der Waals surface area contributed by atoms with Gasteiger partial charge in [0.2, 0.25) is 0 Å². The molecule has 0 aliphatic rings. The summed E-state index contributed by atoms with van der Waals surface area (Å²) >= 11 is 0. The van der Waals surface area contributed by atoms with E-state index in [0.29, 0.717) is 0 Å². The summed E-state index contributed by atoms with van der Waals surface area (Å²) in [6, 6.07) is 0. The molecule has 123 valence electrons. The number of hydrogen-bond acceptors (Lipinski definition) is 8. The molecule has 0 atom stereocenters. The summed E-state index contributed by atoms with van der Waals surface area (Å²) in [5.74, 6) is -5.52. The summed E-state index contributed by atoms with van der Waals surface area (Å²) in [5, 5.41) is 38.0. The minimum absolute atomic E-state index is 0. The van der Waals surface area contributed by atoms with Crippen LogP contribution < -0.4 is 69.3 Å². The molecule has 10 nitrogen and oxygen atoms in total. The van der Waals surface area contributed by atoms with Crippen molar-refractivity contribution in [3.63, 3.8) is 0 Å². The van der Waals surface area contributed by atoms with Gasteiger partial charge in [0, 0.05) is 43.0 Å². The first kappa shape index (κ1) is 31.1. The van der Waals surface area contributed by atoms with Crippen LogP contribution >= 0.6 is 0 Å². The number of aliphatic carboxylic acids is 4. The summed E-state index contributed by atoms with van der Waals surface area (Å²) < 4.78 is 0. The van der Waals surface area contributed by atoms with Crippen LogP contribution in [0.2, 0.25) is 0 Å².